The number of benzene rings is 2. The zero-order valence-electron chi connectivity index (χ0n) is 16.9. The minimum Gasteiger partial charge on any atom is -0.423 e. The number of esters is 1. The van der Waals surface area contributed by atoms with Crippen molar-refractivity contribution in [3.05, 3.63) is 65.2 Å². The summed E-state index contributed by atoms with van der Waals surface area (Å²) in [5, 5.41) is 8.83. The number of ether oxygens (including phenoxy) is 1. The molecule has 0 bridgehead atoms. The van der Waals surface area contributed by atoms with Gasteiger partial charge in [-0.05, 0) is 91.8 Å². The van der Waals surface area contributed by atoms with Gasteiger partial charge in [-0.1, -0.05) is 32.4 Å². The fourth-order valence-electron chi connectivity index (χ4n) is 4.12. The van der Waals surface area contributed by atoms with Crippen LogP contribution in [0.2, 0.25) is 0 Å². The second kappa shape index (κ2) is 9.55. The second-order valence-electron chi connectivity index (χ2n) is 8.11. The van der Waals surface area contributed by atoms with Crippen molar-refractivity contribution in [1.82, 2.24) is 0 Å². The average molecular weight is 376 g/mol. The van der Waals surface area contributed by atoms with Crippen LogP contribution < -0.4 is 4.74 Å². The summed E-state index contributed by atoms with van der Waals surface area (Å²) < 4.78 is 5.40. The SMILES string of the molecule is CCC(C)CC1CCC(c2ccc(C(=O)Oc3ccc(C#N)cc3)cc2)CC1. The van der Waals surface area contributed by atoms with Crippen LogP contribution in [0.15, 0.2) is 48.5 Å². The lowest BCUT2D eigenvalue weighted by molar-refractivity contribution is 0.0734. The molecule has 1 fully saturated rings. The highest BCUT2D eigenvalue weighted by atomic mass is 16.5. The number of nitriles is 1. The Morgan fingerprint density at radius 2 is 1.71 bits per heavy atom. The lowest BCUT2D eigenvalue weighted by Gasteiger charge is -2.30. The van der Waals surface area contributed by atoms with E-state index in [9.17, 15) is 4.79 Å². The normalized spacial score (nSPS) is 20.2. The third-order valence-electron chi connectivity index (χ3n) is 6.09. The number of hydrogen-bond acceptors (Lipinski definition) is 3. The van der Waals surface area contributed by atoms with Crippen LogP contribution in [-0.4, -0.2) is 5.97 Å². The lowest BCUT2D eigenvalue weighted by atomic mass is 9.75. The zero-order valence-corrected chi connectivity index (χ0v) is 16.9. The Morgan fingerprint density at radius 1 is 1.07 bits per heavy atom. The molecule has 146 valence electrons. The van der Waals surface area contributed by atoms with Crippen LogP contribution in [0.25, 0.3) is 0 Å². The van der Waals surface area contributed by atoms with Gasteiger partial charge in [0.25, 0.3) is 0 Å². The van der Waals surface area contributed by atoms with Crippen molar-refractivity contribution in [3.63, 3.8) is 0 Å². The standard InChI is InChI=1S/C25H29NO2/c1-3-18(2)16-19-4-8-21(9-5-19)22-10-12-23(13-11-22)25(27)28-24-14-6-20(17-26)7-15-24/h6-7,10-15,18-19,21H,3-5,8-9,16H2,1-2H3. The first-order valence-corrected chi connectivity index (χ1v) is 10.4. The Kier molecular flexibility index (Phi) is 6.87. The highest BCUT2D eigenvalue weighted by molar-refractivity contribution is 5.91. The van der Waals surface area contributed by atoms with Crippen molar-refractivity contribution in [2.24, 2.45) is 11.8 Å². The van der Waals surface area contributed by atoms with Gasteiger partial charge in [0.15, 0.2) is 0 Å². The van der Waals surface area contributed by atoms with Gasteiger partial charge in [0.2, 0.25) is 0 Å². The van der Waals surface area contributed by atoms with Crippen molar-refractivity contribution in [1.29, 1.82) is 5.26 Å². The minimum atomic E-state index is -0.367. The van der Waals surface area contributed by atoms with E-state index in [0.717, 1.165) is 11.8 Å². The van der Waals surface area contributed by atoms with Crippen molar-refractivity contribution in [2.45, 2.75) is 58.3 Å². The topological polar surface area (TPSA) is 50.1 Å². The molecule has 2 aromatic rings. The first-order valence-electron chi connectivity index (χ1n) is 10.4. The number of carbonyl (C=O) groups excluding carboxylic acids is 1. The third kappa shape index (κ3) is 5.23. The molecule has 0 radical (unpaired) electrons. The van der Waals surface area contributed by atoms with Crippen LogP contribution in [0.3, 0.4) is 0 Å². The Morgan fingerprint density at radius 3 is 2.29 bits per heavy atom. The van der Waals surface area contributed by atoms with Crippen LogP contribution in [0, 0.1) is 23.2 Å². The summed E-state index contributed by atoms with van der Waals surface area (Å²) in [4.78, 5) is 12.3. The van der Waals surface area contributed by atoms with Crippen molar-refractivity contribution >= 4 is 5.97 Å². The minimum absolute atomic E-state index is 0.367. The molecule has 2 aromatic carbocycles. The van der Waals surface area contributed by atoms with Crippen LogP contribution in [0.5, 0.6) is 5.75 Å². The van der Waals surface area contributed by atoms with E-state index in [4.69, 9.17) is 10.00 Å². The molecule has 0 N–H and O–H groups in total. The third-order valence-corrected chi connectivity index (χ3v) is 6.09. The van der Waals surface area contributed by atoms with E-state index in [2.05, 4.69) is 32.0 Å². The fourth-order valence-corrected chi connectivity index (χ4v) is 4.12. The predicted octanol–water partition coefficient (Wildman–Crippen LogP) is 6.49. The van der Waals surface area contributed by atoms with Gasteiger partial charge in [0.1, 0.15) is 5.75 Å². The summed E-state index contributed by atoms with van der Waals surface area (Å²) in [6.45, 7) is 4.64. The molecule has 3 nitrogen and oxygen atoms in total. The van der Waals surface area contributed by atoms with Crippen LogP contribution >= 0.6 is 0 Å². The average Bonchev–Trinajstić information content (AvgIpc) is 2.75. The van der Waals surface area contributed by atoms with Crippen LogP contribution in [0.4, 0.5) is 0 Å². The molecule has 0 spiro atoms. The van der Waals surface area contributed by atoms with Crippen molar-refractivity contribution in [2.75, 3.05) is 0 Å². The number of nitrogens with zero attached hydrogens (tertiary/aromatic N) is 1. The second-order valence-corrected chi connectivity index (χ2v) is 8.11. The van der Waals surface area contributed by atoms with E-state index < -0.39 is 0 Å². The molecule has 0 heterocycles. The Bertz CT molecular complexity index is 809. The van der Waals surface area contributed by atoms with E-state index >= 15 is 0 Å². The van der Waals surface area contributed by atoms with Gasteiger partial charge in [-0.3, -0.25) is 0 Å². The van der Waals surface area contributed by atoms with Gasteiger partial charge in [0.05, 0.1) is 17.2 Å². The fraction of sp³-hybridized carbons (Fsp3) is 0.440. The molecule has 0 saturated heterocycles. The molecule has 0 amide bonds. The quantitative estimate of drug-likeness (QED) is 0.428. The summed E-state index contributed by atoms with van der Waals surface area (Å²) in [6, 6.07) is 16.5. The van der Waals surface area contributed by atoms with Gasteiger partial charge < -0.3 is 4.74 Å². The van der Waals surface area contributed by atoms with E-state index in [1.54, 1.807) is 24.3 Å². The maximum Gasteiger partial charge on any atom is 0.343 e. The van der Waals surface area contributed by atoms with Crippen LogP contribution in [-0.2, 0) is 0 Å². The first-order chi connectivity index (χ1) is 13.6. The molecule has 1 aliphatic carbocycles. The molecule has 3 rings (SSSR count). The highest BCUT2D eigenvalue weighted by Gasteiger charge is 2.23. The molecule has 0 aliphatic heterocycles. The maximum atomic E-state index is 12.3. The molecular formula is C25H29NO2. The van der Waals surface area contributed by atoms with Crippen LogP contribution in [0.1, 0.15) is 79.8 Å². The monoisotopic (exact) mass is 375 g/mol. The van der Waals surface area contributed by atoms with E-state index in [1.807, 2.05) is 12.1 Å². The predicted molar refractivity (Wildman–Crippen MR) is 111 cm³/mol. The first kappa shape index (κ1) is 20.1. The van der Waals surface area contributed by atoms with E-state index in [1.165, 1.54) is 44.1 Å². The zero-order chi connectivity index (χ0) is 19.9. The number of rotatable bonds is 6. The van der Waals surface area contributed by atoms with Gasteiger partial charge in [0, 0.05) is 0 Å². The molecule has 1 atom stereocenters. The summed E-state index contributed by atoms with van der Waals surface area (Å²) in [5.74, 6) is 2.41. The summed E-state index contributed by atoms with van der Waals surface area (Å²) in [6.07, 6.45) is 7.77. The molecular weight excluding hydrogens is 346 g/mol. The molecule has 28 heavy (non-hydrogen) atoms. The lowest BCUT2D eigenvalue weighted by Crippen LogP contribution is -2.16. The van der Waals surface area contributed by atoms with Gasteiger partial charge in [-0.2, -0.15) is 5.26 Å². The number of carbonyl (C=O) groups is 1. The Hall–Kier alpha value is -2.60. The highest BCUT2D eigenvalue weighted by Crippen LogP contribution is 2.38. The molecule has 0 aromatic heterocycles. The summed E-state index contributed by atoms with van der Waals surface area (Å²) >= 11 is 0. The summed E-state index contributed by atoms with van der Waals surface area (Å²) in [5.41, 5.74) is 2.43. The summed E-state index contributed by atoms with van der Waals surface area (Å²) in [7, 11) is 0. The largest absolute Gasteiger partial charge is 0.423 e. The Labute approximate surface area is 168 Å². The molecule has 1 unspecified atom stereocenters. The maximum absolute atomic E-state index is 12.3. The van der Waals surface area contributed by atoms with Crippen molar-refractivity contribution < 1.29 is 9.53 Å². The van der Waals surface area contributed by atoms with E-state index in [0.29, 0.717) is 22.8 Å². The van der Waals surface area contributed by atoms with Gasteiger partial charge >= 0.3 is 5.97 Å². The molecule has 3 heteroatoms. The van der Waals surface area contributed by atoms with Crippen molar-refractivity contribution in [3.8, 4) is 11.8 Å². The molecule has 1 saturated carbocycles. The molecule has 1 aliphatic rings. The van der Waals surface area contributed by atoms with Gasteiger partial charge in [-0.25, -0.2) is 4.79 Å². The number of hydrogen-bond donors (Lipinski definition) is 0. The Balaban J connectivity index is 1.54. The smallest absolute Gasteiger partial charge is 0.343 e. The van der Waals surface area contributed by atoms with E-state index in [-0.39, 0.29) is 5.97 Å². The van der Waals surface area contributed by atoms with Gasteiger partial charge in [-0.15, -0.1) is 0 Å².